The summed E-state index contributed by atoms with van der Waals surface area (Å²) in [7, 11) is 0. The number of carbonyl (C=O) groups is 1. The lowest BCUT2D eigenvalue weighted by Crippen LogP contribution is -2.08. The highest BCUT2D eigenvalue weighted by Gasteiger charge is 2.22. The molecule has 0 saturated heterocycles. The lowest BCUT2D eigenvalue weighted by molar-refractivity contribution is -0.142. The first-order chi connectivity index (χ1) is 9.67. The largest absolute Gasteiger partial charge is 0.466 e. The monoisotopic (exact) mass is 270 g/mol. The van der Waals surface area contributed by atoms with Gasteiger partial charge in [-0.05, 0) is 6.92 Å². The van der Waals surface area contributed by atoms with Gasteiger partial charge in [0, 0.05) is 11.1 Å². The molecule has 0 aliphatic heterocycles. The van der Waals surface area contributed by atoms with E-state index in [4.69, 9.17) is 20.1 Å². The molecule has 0 fully saturated rings. The second-order valence-electron chi connectivity index (χ2n) is 4.11. The molecule has 0 atom stereocenters. The zero-order valence-electron chi connectivity index (χ0n) is 11.1. The van der Waals surface area contributed by atoms with Crippen molar-refractivity contribution < 1.29 is 13.9 Å². The van der Waals surface area contributed by atoms with Crippen LogP contribution in [0.3, 0.4) is 0 Å². The number of carbonyl (C=O) groups excluding carboxylic acids is 1. The van der Waals surface area contributed by atoms with Crippen LogP contribution in [-0.4, -0.2) is 12.6 Å². The Morgan fingerprint density at radius 2 is 2.10 bits per heavy atom. The van der Waals surface area contributed by atoms with Crippen LogP contribution < -0.4 is 5.73 Å². The molecule has 0 spiro atoms. The van der Waals surface area contributed by atoms with Gasteiger partial charge in [-0.1, -0.05) is 30.3 Å². The molecule has 2 aromatic rings. The molecule has 0 bridgehead atoms. The minimum Gasteiger partial charge on any atom is -0.466 e. The van der Waals surface area contributed by atoms with Gasteiger partial charge in [0.2, 0.25) is 5.88 Å². The molecule has 1 aromatic heterocycles. The third-order valence-corrected chi connectivity index (χ3v) is 2.81. The van der Waals surface area contributed by atoms with Crippen LogP contribution in [0.2, 0.25) is 0 Å². The highest BCUT2D eigenvalue weighted by atomic mass is 16.5. The van der Waals surface area contributed by atoms with Crippen LogP contribution in [0.4, 0.5) is 5.88 Å². The standard InChI is InChI=1S/C15H14N2O3/c1-2-19-13(18)8-11-12(9-16)15(17)20-14(11)10-6-4-3-5-7-10/h3-7H,2,8,17H2,1H3. The van der Waals surface area contributed by atoms with Gasteiger partial charge in [-0.25, -0.2) is 0 Å². The molecule has 1 heterocycles. The van der Waals surface area contributed by atoms with Gasteiger partial charge in [-0.15, -0.1) is 0 Å². The molecule has 0 unspecified atom stereocenters. The summed E-state index contributed by atoms with van der Waals surface area (Å²) in [6.45, 7) is 2.01. The van der Waals surface area contributed by atoms with E-state index in [-0.39, 0.29) is 24.5 Å². The predicted molar refractivity (Wildman–Crippen MR) is 73.6 cm³/mol. The number of furan rings is 1. The number of esters is 1. The Kier molecular flexibility index (Phi) is 4.06. The van der Waals surface area contributed by atoms with Gasteiger partial charge in [-0.2, -0.15) is 5.26 Å². The molecule has 0 aliphatic rings. The summed E-state index contributed by atoms with van der Waals surface area (Å²) < 4.78 is 10.4. The Balaban J connectivity index is 2.48. The Bertz CT molecular complexity index is 654. The number of hydrogen-bond acceptors (Lipinski definition) is 5. The number of nitrogens with two attached hydrogens (primary N) is 1. The second-order valence-corrected chi connectivity index (χ2v) is 4.11. The summed E-state index contributed by atoms with van der Waals surface area (Å²) >= 11 is 0. The predicted octanol–water partition coefficient (Wildman–Crippen LogP) is 2.51. The van der Waals surface area contributed by atoms with Crippen molar-refractivity contribution in [3.8, 4) is 17.4 Å². The van der Waals surface area contributed by atoms with Crippen molar-refractivity contribution in [2.24, 2.45) is 0 Å². The van der Waals surface area contributed by atoms with E-state index >= 15 is 0 Å². The summed E-state index contributed by atoms with van der Waals surface area (Å²) in [6.07, 6.45) is -0.0400. The summed E-state index contributed by atoms with van der Waals surface area (Å²) in [5.74, 6) is 0.0420. The fourth-order valence-electron chi connectivity index (χ4n) is 1.96. The van der Waals surface area contributed by atoms with Gasteiger partial charge in [0.25, 0.3) is 0 Å². The summed E-state index contributed by atoms with van der Waals surface area (Å²) in [5, 5.41) is 9.16. The quantitative estimate of drug-likeness (QED) is 0.862. The van der Waals surface area contributed by atoms with Crippen LogP contribution >= 0.6 is 0 Å². The van der Waals surface area contributed by atoms with Crippen molar-refractivity contribution in [1.29, 1.82) is 5.26 Å². The molecule has 20 heavy (non-hydrogen) atoms. The molecule has 0 saturated carbocycles. The molecular weight excluding hydrogens is 256 g/mol. The molecule has 0 amide bonds. The molecular formula is C15H14N2O3. The van der Waals surface area contributed by atoms with E-state index in [0.29, 0.717) is 11.3 Å². The number of rotatable bonds is 4. The summed E-state index contributed by atoms with van der Waals surface area (Å²) in [6, 6.07) is 11.2. The fourth-order valence-corrected chi connectivity index (χ4v) is 1.96. The molecule has 102 valence electrons. The molecule has 2 rings (SSSR count). The fraction of sp³-hybridized carbons (Fsp3) is 0.200. The maximum absolute atomic E-state index is 11.7. The van der Waals surface area contributed by atoms with E-state index in [1.165, 1.54) is 0 Å². The van der Waals surface area contributed by atoms with Crippen LogP contribution in [0.25, 0.3) is 11.3 Å². The average Bonchev–Trinajstić information content (AvgIpc) is 2.76. The smallest absolute Gasteiger partial charge is 0.310 e. The minimum atomic E-state index is -0.415. The second kappa shape index (κ2) is 5.93. The number of hydrogen-bond donors (Lipinski definition) is 1. The van der Waals surface area contributed by atoms with Crippen LogP contribution in [0.15, 0.2) is 34.7 Å². The number of anilines is 1. The highest BCUT2D eigenvalue weighted by Crippen LogP contribution is 2.33. The molecule has 1 aromatic carbocycles. The molecule has 2 N–H and O–H groups in total. The minimum absolute atomic E-state index is 0.0191. The van der Waals surface area contributed by atoms with E-state index in [1.54, 1.807) is 6.92 Å². The van der Waals surface area contributed by atoms with Gasteiger partial charge in [-0.3, -0.25) is 4.79 Å². The van der Waals surface area contributed by atoms with E-state index in [9.17, 15) is 4.79 Å². The molecule has 0 radical (unpaired) electrons. The third-order valence-electron chi connectivity index (χ3n) is 2.81. The van der Waals surface area contributed by atoms with E-state index in [1.807, 2.05) is 36.4 Å². The van der Waals surface area contributed by atoms with Gasteiger partial charge in [0.05, 0.1) is 13.0 Å². The normalized spacial score (nSPS) is 10.0. The highest BCUT2D eigenvalue weighted by molar-refractivity contribution is 5.80. The van der Waals surface area contributed by atoms with Crippen LogP contribution in [0.5, 0.6) is 0 Å². The van der Waals surface area contributed by atoms with Crippen molar-refractivity contribution in [2.75, 3.05) is 12.3 Å². The lowest BCUT2D eigenvalue weighted by Gasteiger charge is -2.03. The average molecular weight is 270 g/mol. The van der Waals surface area contributed by atoms with Gasteiger partial charge in [0.1, 0.15) is 17.4 Å². The number of nitrogens with zero attached hydrogens (tertiary/aromatic N) is 1. The number of nitriles is 1. The Labute approximate surface area is 116 Å². The van der Waals surface area contributed by atoms with E-state index in [2.05, 4.69) is 0 Å². The van der Waals surface area contributed by atoms with Crippen molar-refractivity contribution in [3.63, 3.8) is 0 Å². The van der Waals surface area contributed by atoms with Crippen LogP contribution in [0.1, 0.15) is 18.1 Å². The molecule has 5 nitrogen and oxygen atoms in total. The lowest BCUT2D eigenvalue weighted by atomic mass is 10.0. The molecule has 0 aliphatic carbocycles. The first kappa shape index (κ1) is 13.7. The van der Waals surface area contributed by atoms with Crippen molar-refractivity contribution >= 4 is 11.9 Å². The first-order valence-corrected chi connectivity index (χ1v) is 6.19. The summed E-state index contributed by atoms with van der Waals surface area (Å²) in [5.41, 5.74) is 7.12. The Morgan fingerprint density at radius 1 is 1.40 bits per heavy atom. The number of ether oxygens (including phenoxy) is 1. The topological polar surface area (TPSA) is 89.2 Å². The maximum Gasteiger partial charge on any atom is 0.310 e. The van der Waals surface area contributed by atoms with Crippen molar-refractivity contribution in [2.45, 2.75) is 13.3 Å². The van der Waals surface area contributed by atoms with Crippen LogP contribution in [0, 0.1) is 11.3 Å². The zero-order valence-corrected chi connectivity index (χ0v) is 11.1. The Morgan fingerprint density at radius 3 is 2.70 bits per heavy atom. The van der Waals surface area contributed by atoms with Gasteiger partial charge in [0.15, 0.2) is 0 Å². The number of nitrogen functional groups attached to an aromatic ring is 1. The zero-order chi connectivity index (χ0) is 14.5. The Hall–Kier alpha value is -2.74. The molecule has 5 heteroatoms. The summed E-state index contributed by atoms with van der Waals surface area (Å²) in [4.78, 5) is 11.7. The van der Waals surface area contributed by atoms with Gasteiger partial charge < -0.3 is 14.9 Å². The first-order valence-electron chi connectivity index (χ1n) is 6.19. The van der Waals surface area contributed by atoms with E-state index in [0.717, 1.165) is 5.56 Å². The van der Waals surface area contributed by atoms with Crippen LogP contribution in [-0.2, 0) is 16.0 Å². The van der Waals surface area contributed by atoms with Gasteiger partial charge >= 0.3 is 5.97 Å². The maximum atomic E-state index is 11.7. The van der Waals surface area contributed by atoms with E-state index < -0.39 is 5.97 Å². The SMILES string of the molecule is CCOC(=O)Cc1c(-c2ccccc2)oc(N)c1C#N. The van der Waals surface area contributed by atoms with Crippen molar-refractivity contribution in [3.05, 3.63) is 41.5 Å². The number of benzene rings is 1. The third kappa shape index (κ3) is 2.64. The van der Waals surface area contributed by atoms with Crippen molar-refractivity contribution in [1.82, 2.24) is 0 Å².